The van der Waals surface area contributed by atoms with Crippen molar-refractivity contribution in [2.45, 2.75) is 44.2 Å². The van der Waals surface area contributed by atoms with E-state index in [1.807, 2.05) is 6.07 Å². The van der Waals surface area contributed by atoms with E-state index < -0.39 is 11.6 Å². The van der Waals surface area contributed by atoms with Crippen molar-refractivity contribution in [2.24, 2.45) is 5.92 Å². The number of carboxylic acid groups (broad SMARTS) is 1. The zero-order chi connectivity index (χ0) is 14.9. The predicted octanol–water partition coefficient (Wildman–Crippen LogP) is 2.51. The summed E-state index contributed by atoms with van der Waals surface area (Å²) in [6.45, 7) is 2.59. The van der Waals surface area contributed by atoms with E-state index in [9.17, 15) is 9.90 Å². The van der Waals surface area contributed by atoms with Crippen molar-refractivity contribution in [2.75, 3.05) is 13.1 Å². The summed E-state index contributed by atoms with van der Waals surface area (Å²) >= 11 is 0. The average Bonchev–Trinajstić information content (AvgIpc) is 2.48. The van der Waals surface area contributed by atoms with Crippen LogP contribution in [0.3, 0.4) is 0 Å². The van der Waals surface area contributed by atoms with Gasteiger partial charge in [-0.3, -0.25) is 4.90 Å². The number of piperidine rings is 1. The maximum absolute atomic E-state index is 11.0. The van der Waals surface area contributed by atoms with Gasteiger partial charge in [-0.2, -0.15) is 0 Å². The van der Waals surface area contributed by atoms with E-state index in [2.05, 4.69) is 4.90 Å². The lowest BCUT2D eigenvalue weighted by atomic mass is 9.71. The van der Waals surface area contributed by atoms with Gasteiger partial charge in [0.05, 0.1) is 11.2 Å². The Bertz CT molecular complexity index is 531. The molecule has 2 fully saturated rings. The van der Waals surface area contributed by atoms with Crippen LogP contribution in [-0.4, -0.2) is 39.8 Å². The topological polar surface area (TPSA) is 60.8 Å². The highest BCUT2D eigenvalue weighted by Crippen LogP contribution is 2.40. The maximum Gasteiger partial charge on any atom is 0.335 e. The number of hydrogen-bond donors (Lipinski definition) is 2. The van der Waals surface area contributed by atoms with Crippen LogP contribution in [0, 0.1) is 5.92 Å². The smallest absolute Gasteiger partial charge is 0.335 e. The molecule has 21 heavy (non-hydrogen) atoms. The molecule has 4 nitrogen and oxygen atoms in total. The Morgan fingerprint density at radius 2 is 2.19 bits per heavy atom. The van der Waals surface area contributed by atoms with E-state index in [4.69, 9.17) is 5.11 Å². The van der Waals surface area contributed by atoms with Gasteiger partial charge in [-0.15, -0.1) is 0 Å². The zero-order valence-corrected chi connectivity index (χ0v) is 12.3. The van der Waals surface area contributed by atoms with Crippen LogP contribution in [0.2, 0.25) is 0 Å². The van der Waals surface area contributed by atoms with Crippen molar-refractivity contribution in [3.63, 3.8) is 0 Å². The number of hydrogen-bond acceptors (Lipinski definition) is 3. The van der Waals surface area contributed by atoms with Crippen LogP contribution in [0.4, 0.5) is 0 Å². The van der Waals surface area contributed by atoms with Crippen molar-refractivity contribution in [1.82, 2.24) is 4.90 Å². The Morgan fingerprint density at radius 3 is 3.00 bits per heavy atom. The first-order chi connectivity index (χ1) is 10.1. The molecule has 0 spiro atoms. The van der Waals surface area contributed by atoms with Crippen molar-refractivity contribution < 1.29 is 15.0 Å². The summed E-state index contributed by atoms with van der Waals surface area (Å²) < 4.78 is 0. The molecule has 0 aromatic heterocycles. The Hall–Kier alpha value is -1.39. The standard InChI is InChI=1S/C17H23NO3/c19-16(20)14-5-3-4-13(10-14)11-18-9-8-17(21)7-2-1-6-15(17)12-18/h3-5,10,15,21H,1-2,6-9,11-12H2,(H,19,20). The molecular weight excluding hydrogens is 266 g/mol. The van der Waals surface area contributed by atoms with Crippen LogP contribution in [-0.2, 0) is 6.54 Å². The molecule has 114 valence electrons. The van der Waals surface area contributed by atoms with Crippen LogP contribution >= 0.6 is 0 Å². The second kappa shape index (κ2) is 5.78. The molecule has 0 amide bonds. The summed E-state index contributed by atoms with van der Waals surface area (Å²) in [5, 5.41) is 19.7. The first-order valence-corrected chi connectivity index (χ1v) is 7.84. The second-order valence-electron chi connectivity index (χ2n) is 6.54. The number of benzene rings is 1. The molecule has 1 aliphatic heterocycles. The summed E-state index contributed by atoms with van der Waals surface area (Å²) in [5.74, 6) is -0.500. The highest BCUT2D eigenvalue weighted by Gasteiger charge is 2.42. The quantitative estimate of drug-likeness (QED) is 0.897. The number of fused-ring (bicyclic) bond motifs is 1. The third-order valence-electron chi connectivity index (χ3n) is 5.09. The van der Waals surface area contributed by atoms with Crippen LogP contribution in [0.25, 0.3) is 0 Å². The number of carboxylic acids is 1. The number of nitrogens with zero attached hydrogens (tertiary/aromatic N) is 1. The fourth-order valence-electron chi connectivity index (χ4n) is 3.84. The summed E-state index contributed by atoms with van der Waals surface area (Å²) in [6.07, 6.45) is 5.27. The molecule has 1 heterocycles. The third-order valence-corrected chi connectivity index (χ3v) is 5.09. The van der Waals surface area contributed by atoms with Crippen LogP contribution in [0.15, 0.2) is 24.3 Å². The zero-order valence-electron chi connectivity index (χ0n) is 12.3. The number of aromatic carboxylic acids is 1. The Morgan fingerprint density at radius 1 is 1.33 bits per heavy atom. The van der Waals surface area contributed by atoms with Gasteiger partial charge in [-0.05, 0) is 37.0 Å². The molecule has 1 aliphatic carbocycles. The summed E-state index contributed by atoms with van der Waals surface area (Å²) in [4.78, 5) is 13.4. The summed E-state index contributed by atoms with van der Waals surface area (Å²) in [6, 6.07) is 7.17. The molecule has 0 radical (unpaired) electrons. The molecule has 0 bridgehead atoms. The van der Waals surface area contributed by atoms with Gasteiger partial charge in [0.25, 0.3) is 0 Å². The minimum absolute atomic E-state index is 0.346. The molecular formula is C17H23NO3. The van der Waals surface area contributed by atoms with E-state index in [1.165, 1.54) is 6.42 Å². The molecule has 2 aliphatic rings. The van der Waals surface area contributed by atoms with Gasteiger partial charge in [0.1, 0.15) is 0 Å². The highest BCUT2D eigenvalue weighted by atomic mass is 16.4. The fourth-order valence-corrected chi connectivity index (χ4v) is 3.84. The van der Waals surface area contributed by atoms with Crippen LogP contribution in [0.5, 0.6) is 0 Å². The van der Waals surface area contributed by atoms with E-state index in [1.54, 1.807) is 18.2 Å². The number of aliphatic hydroxyl groups is 1. The van der Waals surface area contributed by atoms with E-state index in [0.717, 1.165) is 50.9 Å². The minimum atomic E-state index is -0.878. The SMILES string of the molecule is O=C(O)c1cccc(CN2CCC3(O)CCCCC3C2)c1. The molecule has 2 N–H and O–H groups in total. The van der Waals surface area contributed by atoms with Crippen molar-refractivity contribution in [3.05, 3.63) is 35.4 Å². The molecule has 3 rings (SSSR count). The largest absolute Gasteiger partial charge is 0.478 e. The van der Waals surface area contributed by atoms with Gasteiger partial charge < -0.3 is 10.2 Å². The van der Waals surface area contributed by atoms with Crippen molar-refractivity contribution >= 4 is 5.97 Å². The highest BCUT2D eigenvalue weighted by molar-refractivity contribution is 5.87. The van der Waals surface area contributed by atoms with Gasteiger partial charge in [0, 0.05) is 25.6 Å². The minimum Gasteiger partial charge on any atom is -0.478 e. The Kier molecular flexibility index (Phi) is 4.00. The van der Waals surface area contributed by atoms with Crippen LogP contribution < -0.4 is 0 Å². The van der Waals surface area contributed by atoms with E-state index in [0.29, 0.717) is 11.5 Å². The monoisotopic (exact) mass is 289 g/mol. The molecule has 1 saturated heterocycles. The lowest BCUT2D eigenvalue weighted by molar-refractivity contribution is -0.0967. The van der Waals surface area contributed by atoms with Gasteiger partial charge in [0.15, 0.2) is 0 Å². The first kappa shape index (κ1) is 14.5. The molecule has 2 atom stereocenters. The number of rotatable bonds is 3. The van der Waals surface area contributed by atoms with Crippen molar-refractivity contribution in [3.8, 4) is 0 Å². The molecule has 1 saturated carbocycles. The van der Waals surface area contributed by atoms with Gasteiger partial charge in [-0.25, -0.2) is 4.79 Å². The second-order valence-corrected chi connectivity index (χ2v) is 6.54. The predicted molar refractivity (Wildman–Crippen MR) is 80.2 cm³/mol. The fraction of sp³-hybridized carbons (Fsp3) is 0.588. The Labute approximate surface area is 125 Å². The van der Waals surface area contributed by atoms with E-state index >= 15 is 0 Å². The lowest BCUT2D eigenvalue weighted by Gasteiger charge is -2.47. The van der Waals surface area contributed by atoms with Gasteiger partial charge in [0.2, 0.25) is 0 Å². The van der Waals surface area contributed by atoms with Crippen molar-refractivity contribution in [1.29, 1.82) is 0 Å². The average molecular weight is 289 g/mol. The van der Waals surface area contributed by atoms with Gasteiger partial charge in [-0.1, -0.05) is 25.0 Å². The lowest BCUT2D eigenvalue weighted by Crippen LogP contribution is -2.52. The summed E-state index contributed by atoms with van der Waals surface area (Å²) in [7, 11) is 0. The molecule has 2 unspecified atom stereocenters. The van der Waals surface area contributed by atoms with E-state index in [-0.39, 0.29) is 0 Å². The van der Waals surface area contributed by atoms with Crippen LogP contribution in [0.1, 0.15) is 48.0 Å². The third kappa shape index (κ3) is 3.11. The number of carbonyl (C=O) groups is 1. The normalized spacial score (nSPS) is 29.9. The Balaban J connectivity index is 1.66. The molecule has 1 aromatic carbocycles. The molecule has 1 aromatic rings. The maximum atomic E-state index is 11.0. The molecule has 4 heteroatoms. The summed E-state index contributed by atoms with van der Waals surface area (Å²) in [5.41, 5.74) is 0.937. The number of likely N-dealkylation sites (tertiary alicyclic amines) is 1. The van der Waals surface area contributed by atoms with Gasteiger partial charge >= 0.3 is 5.97 Å². The first-order valence-electron chi connectivity index (χ1n) is 7.84.